The smallest absolute Gasteiger partial charge is 0.191 e. The molecule has 1 aromatic carbocycles. The van der Waals surface area contributed by atoms with Crippen LogP contribution in [0.1, 0.15) is 30.4 Å². The molecule has 1 saturated heterocycles. The Balaban J connectivity index is 0.00000280. The normalized spacial score (nSPS) is 15.7. The Bertz CT molecular complexity index is 714. The molecular formula is C21H31IN4O2. The highest BCUT2D eigenvalue weighted by molar-refractivity contribution is 14.0. The second-order valence-corrected chi connectivity index (χ2v) is 6.75. The van der Waals surface area contributed by atoms with Gasteiger partial charge in [0.2, 0.25) is 0 Å². The number of aryl methyl sites for hydroxylation is 1. The van der Waals surface area contributed by atoms with Crippen LogP contribution in [0.2, 0.25) is 0 Å². The third-order valence-corrected chi connectivity index (χ3v) is 4.76. The average Bonchev–Trinajstić information content (AvgIpc) is 3.37. The zero-order chi connectivity index (χ0) is 18.9. The lowest BCUT2D eigenvalue weighted by Crippen LogP contribution is -2.43. The molecule has 1 atom stereocenters. The van der Waals surface area contributed by atoms with Crippen LogP contribution >= 0.6 is 24.0 Å². The SMILES string of the molecule is CN=C(NCCOc1ccccc1)NCC(c1ccc(C)o1)N1CCCC1.I. The van der Waals surface area contributed by atoms with Gasteiger partial charge in [0.15, 0.2) is 5.96 Å². The lowest BCUT2D eigenvalue weighted by molar-refractivity contribution is 0.213. The molecule has 1 aromatic heterocycles. The summed E-state index contributed by atoms with van der Waals surface area (Å²) < 4.78 is 11.6. The number of aliphatic imine (C=N–C) groups is 1. The Morgan fingerprint density at radius 2 is 1.89 bits per heavy atom. The number of benzene rings is 1. The highest BCUT2D eigenvalue weighted by Crippen LogP contribution is 2.26. The maximum absolute atomic E-state index is 5.91. The first-order chi connectivity index (χ1) is 13.3. The summed E-state index contributed by atoms with van der Waals surface area (Å²) in [7, 11) is 1.79. The summed E-state index contributed by atoms with van der Waals surface area (Å²) in [5.74, 6) is 3.63. The van der Waals surface area contributed by atoms with Crippen molar-refractivity contribution in [1.29, 1.82) is 0 Å². The molecular weight excluding hydrogens is 467 g/mol. The van der Waals surface area contributed by atoms with Crippen molar-refractivity contribution in [3.05, 3.63) is 54.0 Å². The van der Waals surface area contributed by atoms with Crippen molar-refractivity contribution in [2.24, 2.45) is 4.99 Å². The van der Waals surface area contributed by atoms with Gasteiger partial charge in [0.25, 0.3) is 0 Å². The number of ether oxygens (including phenoxy) is 1. The summed E-state index contributed by atoms with van der Waals surface area (Å²) in [5.41, 5.74) is 0. The molecule has 0 amide bonds. The Morgan fingerprint density at radius 3 is 2.54 bits per heavy atom. The van der Waals surface area contributed by atoms with E-state index in [4.69, 9.17) is 9.15 Å². The molecule has 0 radical (unpaired) electrons. The zero-order valence-electron chi connectivity index (χ0n) is 16.7. The van der Waals surface area contributed by atoms with Crippen molar-refractivity contribution < 1.29 is 9.15 Å². The number of hydrogen-bond donors (Lipinski definition) is 2. The van der Waals surface area contributed by atoms with E-state index in [0.717, 1.165) is 42.9 Å². The van der Waals surface area contributed by atoms with Gasteiger partial charge in [-0.15, -0.1) is 24.0 Å². The first-order valence-electron chi connectivity index (χ1n) is 9.69. The van der Waals surface area contributed by atoms with Crippen molar-refractivity contribution in [3.8, 4) is 5.75 Å². The molecule has 2 N–H and O–H groups in total. The van der Waals surface area contributed by atoms with Crippen LogP contribution in [0.25, 0.3) is 0 Å². The number of likely N-dealkylation sites (tertiary alicyclic amines) is 1. The maximum Gasteiger partial charge on any atom is 0.191 e. The molecule has 3 rings (SSSR count). The molecule has 1 fully saturated rings. The van der Waals surface area contributed by atoms with E-state index in [9.17, 15) is 0 Å². The first-order valence-corrected chi connectivity index (χ1v) is 9.69. The van der Waals surface area contributed by atoms with E-state index in [0.29, 0.717) is 13.2 Å². The van der Waals surface area contributed by atoms with Gasteiger partial charge < -0.3 is 19.8 Å². The summed E-state index contributed by atoms with van der Waals surface area (Å²) in [5, 5.41) is 6.74. The van der Waals surface area contributed by atoms with E-state index in [1.54, 1.807) is 7.05 Å². The van der Waals surface area contributed by atoms with Crippen LogP contribution in [0.5, 0.6) is 5.75 Å². The van der Waals surface area contributed by atoms with E-state index >= 15 is 0 Å². The van der Waals surface area contributed by atoms with Crippen molar-refractivity contribution >= 4 is 29.9 Å². The molecule has 2 aromatic rings. The Hall–Kier alpha value is -1.74. The minimum absolute atomic E-state index is 0. The fraction of sp³-hybridized carbons (Fsp3) is 0.476. The van der Waals surface area contributed by atoms with Crippen molar-refractivity contribution in [1.82, 2.24) is 15.5 Å². The van der Waals surface area contributed by atoms with Gasteiger partial charge in [-0.25, -0.2) is 0 Å². The molecule has 28 heavy (non-hydrogen) atoms. The highest BCUT2D eigenvalue weighted by Gasteiger charge is 2.26. The predicted molar refractivity (Wildman–Crippen MR) is 124 cm³/mol. The van der Waals surface area contributed by atoms with Crippen LogP contribution in [0.4, 0.5) is 0 Å². The minimum atomic E-state index is 0. The Morgan fingerprint density at radius 1 is 1.14 bits per heavy atom. The van der Waals surface area contributed by atoms with Gasteiger partial charge in [-0.3, -0.25) is 9.89 Å². The van der Waals surface area contributed by atoms with E-state index in [1.165, 1.54) is 12.8 Å². The molecule has 6 nitrogen and oxygen atoms in total. The number of para-hydroxylation sites is 1. The van der Waals surface area contributed by atoms with E-state index in [1.807, 2.05) is 43.3 Å². The summed E-state index contributed by atoms with van der Waals surface area (Å²) in [4.78, 5) is 6.80. The average molecular weight is 498 g/mol. The van der Waals surface area contributed by atoms with Gasteiger partial charge >= 0.3 is 0 Å². The number of guanidine groups is 1. The Labute approximate surface area is 184 Å². The fourth-order valence-electron chi connectivity index (χ4n) is 3.36. The summed E-state index contributed by atoms with van der Waals surface area (Å²) >= 11 is 0. The van der Waals surface area contributed by atoms with E-state index < -0.39 is 0 Å². The molecule has 2 heterocycles. The third-order valence-electron chi connectivity index (χ3n) is 4.76. The van der Waals surface area contributed by atoms with Crippen molar-refractivity contribution in [2.75, 3.05) is 39.8 Å². The van der Waals surface area contributed by atoms with Gasteiger partial charge in [-0.2, -0.15) is 0 Å². The van der Waals surface area contributed by atoms with Crippen molar-refractivity contribution in [2.45, 2.75) is 25.8 Å². The topological polar surface area (TPSA) is 62.0 Å². The number of furan rings is 1. The maximum atomic E-state index is 5.91. The minimum Gasteiger partial charge on any atom is -0.492 e. The molecule has 1 unspecified atom stereocenters. The van der Waals surface area contributed by atoms with Gasteiger partial charge in [0.05, 0.1) is 12.6 Å². The monoisotopic (exact) mass is 498 g/mol. The Kier molecular flexibility index (Phi) is 9.63. The van der Waals surface area contributed by atoms with Crippen LogP contribution in [0, 0.1) is 6.92 Å². The van der Waals surface area contributed by atoms with Gasteiger partial charge in [0, 0.05) is 13.6 Å². The molecule has 1 aliphatic rings. The van der Waals surface area contributed by atoms with Crippen LogP contribution in [-0.4, -0.2) is 50.7 Å². The standard InChI is InChI=1S/C21H30N4O2.HI/c1-17-10-11-20(27-17)19(25-13-6-7-14-25)16-24-21(22-2)23-12-15-26-18-8-4-3-5-9-18;/h3-5,8-11,19H,6-7,12-16H2,1-2H3,(H2,22,23,24);1H. The summed E-state index contributed by atoms with van der Waals surface area (Å²) in [6.07, 6.45) is 2.50. The number of hydrogen-bond acceptors (Lipinski definition) is 4. The molecule has 0 bridgehead atoms. The molecule has 7 heteroatoms. The second kappa shape index (κ2) is 12.0. The van der Waals surface area contributed by atoms with Crippen LogP contribution in [0.3, 0.4) is 0 Å². The lowest BCUT2D eigenvalue weighted by Gasteiger charge is -2.26. The van der Waals surface area contributed by atoms with E-state index in [-0.39, 0.29) is 30.0 Å². The van der Waals surface area contributed by atoms with Crippen LogP contribution < -0.4 is 15.4 Å². The number of rotatable bonds is 8. The molecule has 1 aliphatic heterocycles. The predicted octanol–water partition coefficient (Wildman–Crippen LogP) is 3.59. The quantitative estimate of drug-likeness (QED) is 0.252. The number of nitrogens with one attached hydrogen (secondary N) is 2. The highest BCUT2D eigenvalue weighted by atomic mass is 127. The first kappa shape index (κ1) is 22.5. The van der Waals surface area contributed by atoms with E-state index in [2.05, 4.69) is 26.6 Å². The second-order valence-electron chi connectivity index (χ2n) is 6.75. The zero-order valence-corrected chi connectivity index (χ0v) is 19.0. The number of nitrogens with zero attached hydrogens (tertiary/aromatic N) is 2. The molecule has 0 spiro atoms. The molecule has 154 valence electrons. The van der Waals surface area contributed by atoms with Crippen LogP contribution in [0.15, 0.2) is 51.9 Å². The largest absolute Gasteiger partial charge is 0.492 e. The molecule has 0 saturated carbocycles. The summed E-state index contributed by atoms with van der Waals surface area (Å²) in [6, 6.07) is 14.2. The van der Waals surface area contributed by atoms with Gasteiger partial charge in [-0.1, -0.05) is 18.2 Å². The third kappa shape index (κ3) is 6.70. The van der Waals surface area contributed by atoms with Crippen molar-refractivity contribution in [3.63, 3.8) is 0 Å². The van der Waals surface area contributed by atoms with Gasteiger partial charge in [-0.05, 0) is 57.1 Å². The van der Waals surface area contributed by atoms with Gasteiger partial charge in [0.1, 0.15) is 23.9 Å². The van der Waals surface area contributed by atoms with Crippen LogP contribution in [-0.2, 0) is 0 Å². The fourth-order valence-corrected chi connectivity index (χ4v) is 3.36. The number of halogens is 1. The summed E-state index contributed by atoms with van der Waals surface area (Å²) in [6.45, 7) is 6.24. The lowest BCUT2D eigenvalue weighted by atomic mass is 10.2. The molecule has 0 aliphatic carbocycles.